The van der Waals surface area contributed by atoms with E-state index in [4.69, 9.17) is 18.6 Å². The van der Waals surface area contributed by atoms with Crippen molar-refractivity contribution in [2.75, 3.05) is 31.2 Å². The maximum absolute atomic E-state index is 12.2. The Morgan fingerprint density at radius 1 is 1.06 bits per heavy atom. The number of furan rings is 1. The Labute approximate surface area is 177 Å². The fraction of sp³-hybridized carbons (Fsp3) is 0.333. The Morgan fingerprint density at radius 3 is 2.39 bits per heavy atom. The van der Waals surface area contributed by atoms with E-state index in [2.05, 4.69) is 4.90 Å². The highest BCUT2D eigenvalue weighted by atomic mass is 16.7. The largest absolute Gasteiger partial charge is 0.457 e. The summed E-state index contributed by atoms with van der Waals surface area (Å²) < 4.78 is 21.3. The van der Waals surface area contributed by atoms with E-state index in [-0.39, 0.29) is 17.0 Å². The van der Waals surface area contributed by atoms with Gasteiger partial charge in [0, 0.05) is 56.4 Å². The Balaban J connectivity index is 1.70. The number of rotatable bonds is 4. The molecule has 0 radical (unpaired) electrons. The zero-order valence-corrected chi connectivity index (χ0v) is 17.0. The molecule has 10 heteroatoms. The minimum atomic E-state index is -1.34. The number of nitro benzene ring substituents is 1. The average molecular weight is 428 g/mol. The van der Waals surface area contributed by atoms with Gasteiger partial charge in [-0.15, -0.1) is 0 Å². The van der Waals surface area contributed by atoms with Gasteiger partial charge in [0.15, 0.2) is 0 Å². The molecule has 0 aliphatic carbocycles. The second kappa shape index (κ2) is 7.88. The maximum atomic E-state index is 12.2. The molecule has 2 aliphatic rings. The summed E-state index contributed by atoms with van der Waals surface area (Å²) in [5, 5.41) is 11.3. The van der Waals surface area contributed by atoms with Gasteiger partial charge in [-0.3, -0.25) is 10.1 Å². The molecule has 10 nitrogen and oxygen atoms in total. The monoisotopic (exact) mass is 428 g/mol. The number of carbonyl (C=O) groups is 2. The summed E-state index contributed by atoms with van der Waals surface area (Å²) in [7, 11) is 0. The molecule has 0 N–H and O–H groups in total. The van der Waals surface area contributed by atoms with Gasteiger partial charge in [-0.2, -0.15) is 0 Å². The summed E-state index contributed by atoms with van der Waals surface area (Å²) in [6, 6.07) is 7.74. The van der Waals surface area contributed by atoms with Gasteiger partial charge in [-0.05, 0) is 18.2 Å². The molecule has 2 saturated heterocycles. The van der Waals surface area contributed by atoms with Crippen LogP contribution in [0.1, 0.15) is 19.6 Å². The van der Waals surface area contributed by atoms with Crippen molar-refractivity contribution in [3.8, 4) is 11.3 Å². The second-order valence-electron chi connectivity index (χ2n) is 7.50. The van der Waals surface area contributed by atoms with Gasteiger partial charge in [0.25, 0.3) is 11.5 Å². The fourth-order valence-electron chi connectivity index (χ4n) is 3.41. The molecule has 31 heavy (non-hydrogen) atoms. The smallest absolute Gasteiger partial charge is 0.348 e. The van der Waals surface area contributed by atoms with Crippen LogP contribution in [0.3, 0.4) is 0 Å². The van der Waals surface area contributed by atoms with Crippen molar-refractivity contribution < 1.29 is 33.1 Å². The van der Waals surface area contributed by atoms with Crippen LogP contribution in [-0.4, -0.2) is 49.0 Å². The van der Waals surface area contributed by atoms with E-state index in [9.17, 15) is 19.7 Å². The first-order valence-corrected chi connectivity index (χ1v) is 9.63. The van der Waals surface area contributed by atoms with Gasteiger partial charge in [0.05, 0.1) is 18.1 Å². The van der Waals surface area contributed by atoms with E-state index in [0.717, 1.165) is 5.69 Å². The predicted octanol–water partition coefficient (Wildman–Crippen LogP) is 2.91. The molecule has 0 unspecified atom stereocenters. The zero-order valence-electron chi connectivity index (χ0n) is 17.0. The van der Waals surface area contributed by atoms with Gasteiger partial charge in [-0.1, -0.05) is 0 Å². The Kier molecular flexibility index (Phi) is 5.24. The van der Waals surface area contributed by atoms with Gasteiger partial charge in [0.2, 0.25) is 0 Å². The zero-order chi connectivity index (χ0) is 22.2. The highest BCUT2D eigenvalue weighted by Gasteiger charge is 2.39. The number of nitro groups is 1. The van der Waals surface area contributed by atoms with Crippen LogP contribution in [0.25, 0.3) is 17.4 Å². The Hall–Kier alpha value is -3.66. The molecule has 0 spiro atoms. The van der Waals surface area contributed by atoms with E-state index in [1.54, 1.807) is 18.2 Å². The molecule has 3 heterocycles. The third kappa shape index (κ3) is 4.29. The number of ether oxygens (including phenoxy) is 3. The lowest BCUT2D eigenvalue weighted by atomic mass is 10.1. The summed E-state index contributed by atoms with van der Waals surface area (Å²) in [6.07, 6.45) is 1.23. The topological polar surface area (TPSA) is 121 Å². The molecular weight excluding hydrogens is 408 g/mol. The normalized spacial score (nSPS) is 18.4. The lowest BCUT2D eigenvalue weighted by molar-refractivity contribution is -0.384. The first-order chi connectivity index (χ1) is 14.7. The summed E-state index contributed by atoms with van der Waals surface area (Å²) in [6.45, 7) is 5.28. The molecule has 2 fully saturated rings. The summed E-state index contributed by atoms with van der Waals surface area (Å²) >= 11 is 0. The van der Waals surface area contributed by atoms with Crippen LogP contribution in [0.2, 0.25) is 0 Å². The number of anilines is 1. The van der Waals surface area contributed by atoms with Crippen LogP contribution in [0.15, 0.2) is 40.3 Å². The van der Waals surface area contributed by atoms with Crippen LogP contribution >= 0.6 is 0 Å². The third-order valence-corrected chi connectivity index (χ3v) is 4.84. The molecule has 0 amide bonds. The predicted molar refractivity (Wildman–Crippen MR) is 108 cm³/mol. The lowest BCUT2D eigenvalue weighted by Gasteiger charge is -2.30. The Morgan fingerprint density at radius 2 is 1.74 bits per heavy atom. The molecule has 162 valence electrons. The van der Waals surface area contributed by atoms with Gasteiger partial charge >= 0.3 is 11.9 Å². The maximum Gasteiger partial charge on any atom is 0.348 e. The highest BCUT2D eigenvalue weighted by molar-refractivity contribution is 6.18. The molecule has 2 aliphatic heterocycles. The van der Waals surface area contributed by atoms with Gasteiger partial charge in [0.1, 0.15) is 17.1 Å². The molecule has 0 atom stereocenters. The minimum absolute atomic E-state index is 0.0787. The minimum Gasteiger partial charge on any atom is -0.457 e. The standard InChI is InChI=1S/C21H20N2O8/c1-21(2)30-19(24)16(20(25)31-21)12-14-4-6-18(29-14)15-11-13(23(26)27)3-5-17(15)22-7-9-28-10-8-22/h3-6,11-12H,7-10H2,1-2H3. The molecule has 0 bridgehead atoms. The SMILES string of the molecule is CC1(C)OC(=O)C(=Cc2ccc(-c3cc([N+](=O)[O-])ccc3N3CCOCC3)o2)C(=O)O1. The molecule has 0 saturated carbocycles. The fourth-order valence-corrected chi connectivity index (χ4v) is 3.41. The van der Waals surface area contributed by atoms with Crippen LogP contribution in [-0.2, 0) is 23.8 Å². The van der Waals surface area contributed by atoms with E-state index in [0.29, 0.717) is 37.6 Å². The van der Waals surface area contributed by atoms with Crippen molar-refractivity contribution in [2.24, 2.45) is 0 Å². The Bertz CT molecular complexity index is 1060. The lowest BCUT2D eigenvalue weighted by Crippen LogP contribution is -2.41. The summed E-state index contributed by atoms with van der Waals surface area (Å²) in [5.41, 5.74) is 0.911. The van der Waals surface area contributed by atoms with Crippen molar-refractivity contribution in [2.45, 2.75) is 19.6 Å². The van der Waals surface area contributed by atoms with E-state index >= 15 is 0 Å². The van der Waals surface area contributed by atoms with E-state index in [1.807, 2.05) is 0 Å². The average Bonchev–Trinajstić information content (AvgIpc) is 3.19. The van der Waals surface area contributed by atoms with Crippen molar-refractivity contribution in [3.63, 3.8) is 0 Å². The highest BCUT2D eigenvalue weighted by Crippen LogP contribution is 2.36. The third-order valence-electron chi connectivity index (χ3n) is 4.84. The van der Waals surface area contributed by atoms with Crippen LogP contribution in [0.4, 0.5) is 11.4 Å². The number of esters is 2. The van der Waals surface area contributed by atoms with Crippen molar-refractivity contribution in [1.82, 2.24) is 0 Å². The number of non-ortho nitro benzene ring substituents is 1. The van der Waals surface area contributed by atoms with Gasteiger partial charge < -0.3 is 23.5 Å². The number of hydrogen-bond donors (Lipinski definition) is 0. The van der Waals surface area contributed by atoms with Crippen molar-refractivity contribution in [3.05, 3.63) is 51.8 Å². The second-order valence-corrected chi connectivity index (χ2v) is 7.50. The quantitative estimate of drug-likeness (QED) is 0.238. The van der Waals surface area contributed by atoms with Gasteiger partial charge in [-0.25, -0.2) is 9.59 Å². The first-order valence-electron chi connectivity index (χ1n) is 9.63. The summed E-state index contributed by atoms with van der Waals surface area (Å²) in [5.74, 6) is -2.41. The number of benzene rings is 1. The molecule has 1 aromatic heterocycles. The number of morpholine rings is 1. The number of nitrogens with zero attached hydrogens (tertiary/aromatic N) is 2. The molecule has 2 aromatic rings. The molecule has 1 aromatic carbocycles. The van der Waals surface area contributed by atoms with E-state index < -0.39 is 22.6 Å². The van der Waals surface area contributed by atoms with Crippen molar-refractivity contribution >= 4 is 29.4 Å². The van der Waals surface area contributed by atoms with Crippen LogP contribution in [0.5, 0.6) is 0 Å². The number of cyclic esters (lactones) is 2. The van der Waals surface area contributed by atoms with E-state index in [1.165, 1.54) is 32.1 Å². The van der Waals surface area contributed by atoms with Crippen LogP contribution < -0.4 is 4.90 Å². The molecule has 4 rings (SSSR count). The van der Waals surface area contributed by atoms with Crippen LogP contribution in [0, 0.1) is 10.1 Å². The number of hydrogen-bond acceptors (Lipinski definition) is 9. The summed E-state index contributed by atoms with van der Waals surface area (Å²) in [4.78, 5) is 37.2. The molecular formula is C21H20N2O8. The number of carbonyl (C=O) groups excluding carboxylic acids is 2. The van der Waals surface area contributed by atoms with Crippen molar-refractivity contribution in [1.29, 1.82) is 0 Å². The first kappa shape index (κ1) is 20.6.